The van der Waals surface area contributed by atoms with Crippen molar-refractivity contribution in [2.24, 2.45) is 0 Å². The van der Waals surface area contributed by atoms with Crippen LogP contribution in [0, 0.1) is 0 Å². The smallest absolute Gasteiger partial charge is 0.327 e. The van der Waals surface area contributed by atoms with E-state index in [-0.39, 0.29) is 23.8 Å². The average Bonchev–Trinajstić information content (AvgIpc) is 2.63. The number of thiol groups is 1. The molecule has 0 spiro atoms. The normalized spacial score (nSPS) is 11.9. The molecular weight excluding hydrogens is 526 g/mol. The number of phenols is 1. The molecule has 0 aliphatic rings. The molecular formula is C20H21Br2NO5S. The maximum absolute atomic E-state index is 12.1. The first kappa shape index (κ1) is 23.6. The third-order valence-electron chi connectivity index (χ3n) is 4.08. The zero-order chi connectivity index (χ0) is 21.7. The highest BCUT2D eigenvalue weighted by atomic mass is 79.9. The molecule has 1 amide bonds. The number of halogens is 2. The Kier molecular flexibility index (Phi) is 8.42. The van der Waals surface area contributed by atoms with E-state index in [1.165, 1.54) is 0 Å². The van der Waals surface area contributed by atoms with Gasteiger partial charge in [0.2, 0.25) is 5.91 Å². The minimum absolute atomic E-state index is 0.00570. The summed E-state index contributed by atoms with van der Waals surface area (Å²) in [4.78, 5) is 23.1. The summed E-state index contributed by atoms with van der Waals surface area (Å²) in [6, 6.07) is 7.48. The number of carboxylic acids is 1. The molecule has 2 aromatic rings. The highest BCUT2D eigenvalue weighted by molar-refractivity contribution is 9.11. The Labute approximate surface area is 191 Å². The lowest BCUT2D eigenvalue weighted by Crippen LogP contribution is -2.42. The summed E-state index contributed by atoms with van der Waals surface area (Å²) in [6.07, 6.45) is 0.00570. The Bertz CT molecular complexity index is 897. The van der Waals surface area contributed by atoms with Crippen LogP contribution in [0.2, 0.25) is 0 Å². The van der Waals surface area contributed by atoms with Gasteiger partial charge in [0.1, 0.15) is 17.5 Å². The number of rotatable bonds is 8. The van der Waals surface area contributed by atoms with Crippen LogP contribution < -0.4 is 10.1 Å². The van der Waals surface area contributed by atoms with Gasteiger partial charge in [-0.1, -0.05) is 13.8 Å². The maximum atomic E-state index is 12.1. The Morgan fingerprint density at radius 1 is 1.17 bits per heavy atom. The highest BCUT2D eigenvalue weighted by Gasteiger charge is 2.19. The number of phenolic OH excluding ortho intramolecular Hbond substituents is 1. The first-order valence-electron chi connectivity index (χ1n) is 8.74. The SMILES string of the molecule is CC(C)c1cc(Oc2c(Br)cc(CC(=O)NC(CS)C(=O)O)cc2Br)ccc1O. The van der Waals surface area contributed by atoms with Crippen molar-refractivity contribution in [1.29, 1.82) is 0 Å². The lowest BCUT2D eigenvalue weighted by molar-refractivity contribution is -0.141. The molecule has 2 rings (SSSR count). The molecule has 9 heteroatoms. The van der Waals surface area contributed by atoms with Gasteiger partial charge >= 0.3 is 5.97 Å². The largest absolute Gasteiger partial charge is 0.508 e. The molecule has 6 nitrogen and oxygen atoms in total. The van der Waals surface area contributed by atoms with E-state index in [4.69, 9.17) is 9.84 Å². The zero-order valence-electron chi connectivity index (χ0n) is 15.8. The van der Waals surface area contributed by atoms with Gasteiger partial charge in [-0.15, -0.1) is 0 Å². The Hall–Kier alpha value is -1.71. The molecule has 0 saturated heterocycles. The lowest BCUT2D eigenvalue weighted by Gasteiger charge is -2.15. The molecule has 0 heterocycles. The average molecular weight is 547 g/mol. The van der Waals surface area contributed by atoms with E-state index in [1.807, 2.05) is 13.8 Å². The van der Waals surface area contributed by atoms with E-state index < -0.39 is 17.9 Å². The van der Waals surface area contributed by atoms with Crippen molar-refractivity contribution in [3.63, 3.8) is 0 Å². The molecule has 3 N–H and O–H groups in total. The van der Waals surface area contributed by atoms with Gasteiger partial charge in [-0.2, -0.15) is 12.6 Å². The summed E-state index contributed by atoms with van der Waals surface area (Å²) in [5.74, 6) is -0.101. The second-order valence-corrected chi connectivity index (χ2v) is 8.76. The summed E-state index contributed by atoms with van der Waals surface area (Å²) in [6.45, 7) is 3.96. The molecule has 0 bridgehead atoms. The van der Waals surface area contributed by atoms with Crippen molar-refractivity contribution in [2.75, 3.05) is 5.75 Å². The maximum Gasteiger partial charge on any atom is 0.327 e. The second kappa shape index (κ2) is 10.4. The number of nitrogens with one attached hydrogen (secondary N) is 1. The van der Waals surface area contributed by atoms with Crippen LogP contribution in [-0.4, -0.2) is 33.9 Å². The number of carbonyl (C=O) groups excluding carboxylic acids is 1. The molecule has 29 heavy (non-hydrogen) atoms. The molecule has 156 valence electrons. The molecule has 2 aromatic carbocycles. The number of amides is 1. The van der Waals surface area contributed by atoms with Crippen LogP contribution in [-0.2, 0) is 16.0 Å². The summed E-state index contributed by atoms with van der Waals surface area (Å²) in [5.41, 5.74) is 1.45. The first-order chi connectivity index (χ1) is 13.6. The first-order valence-corrected chi connectivity index (χ1v) is 11.0. The summed E-state index contributed by atoms with van der Waals surface area (Å²) < 4.78 is 7.21. The molecule has 0 aliphatic heterocycles. The standard InChI is InChI=1S/C20H21Br2NO5S/c1-10(2)13-8-12(3-4-17(13)24)28-19-14(21)5-11(6-15(19)22)7-18(25)23-16(9-29)20(26)27/h3-6,8,10,16,24,29H,7,9H2,1-2H3,(H,23,25)(H,26,27). The predicted octanol–water partition coefficient (Wildman–Crippen LogP) is 4.87. The Morgan fingerprint density at radius 2 is 1.79 bits per heavy atom. The number of aliphatic carboxylic acids is 1. The van der Waals surface area contributed by atoms with Gasteiger partial charge in [0.15, 0.2) is 5.75 Å². The molecule has 0 saturated carbocycles. The minimum Gasteiger partial charge on any atom is -0.508 e. The number of carboxylic acid groups (broad SMARTS) is 1. The fourth-order valence-corrected chi connectivity index (χ4v) is 4.30. The van der Waals surface area contributed by atoms with E-state index in [2.05, 4.69) is 49.8 Å². The fraction of sp³-hybridized carbons (Fsp3) is 0.300. The number of ether oxygens (including phenoxy) is 1. The van der Waals surface area contributed by atoms with Gasteiger partial charge in [-0.3, -0.25) is 4.79 Å². The number of hydrogen-bond donors (Lipinski definition) is 4. The van der Waals surface area contributed by atoms with Crippen molar-refractivity contribution < 1.29 is 24.5 Å². The van der Waals surface area contributed by atoms with Crippen LogP contribution in [0.5, 0.6) is 17.2 Å². The van der Waals surface area contributed by atoms with Crippen LogP contribution in [0.15, 0.2) is 39.3 Å². The highest BCUT2D eigenvalue weighted by Crippen LogP contribution is 2.39. The van der Waals surface area contributed by atoms with Crippen molar-refractivity contribution in [3.8, 4) is 17.2 Å². The lowest BCUT2D eigenvalue weighted by atomic mass is 10.0. The summed E-state index contributed by atoms with van der Waals surface area (Å²) in [7, 11) is 0. The summed E-state index contributed by atoms with van der Waals surface area (Å²) in [5, 5.41) is 21.4. The monoisotopic (exact) mass is 545 g/mol. The van der Waals surface area contributed by atoms with Crippen molar-refractivity contribution in [3.05, 3.63) is 50.4 Å². The van der Waals surface area contributed by atoms with E-state index >= 15 is 0 Å². The topological polar surface area (TPSA) is 95.9 Å². The van der Waals surface area contributed by atoms with Gasteiger partial charge in [0, 0.05) is 11.3 Å². The number of hydrogen-bond acceptors (Lipinski definition) is 5. The van der Waals surface area contributed by atoms with Gasteiger partial charge in [-0.05, 0) is 73.7 Å². The van der Waals surface area contributed by atoms with Crippen LogP contribution >= 0.6 is 44.5 Å². The molecule has 0 aliphatic carbocycles. The van der Waals surface area contributed by atoms with Crippen molar-refractivity contribution >= 4 is 56.4 Å². The number of benzene rings is 2. The van der Waals surface area contributed by atoms with E-state index in [1.54, 1.807) is 30.3 Å². The van der Waals surface area contributed by atoms with Crippen LogP contribution in [0.4, 0.5) is 0 Å². The zero-order valence-corrected chi connectivity index (χ0v) is 19.8. The number of carbonyl (C=O) groups is 2. The van der Waals surface area contributed by atoms with Crippen molar-refractivity contribution in [1.82, 2.24) is 5.32 Å². The van der Waals surface area contributed by atoms with E-state index in [0.717, 1.165) is 5.56 Å². The number of aromatic hydroxyl groups is 1. The quantitative estimate of drug-likeness (QED) is 0.354. The van der Waals surface area contributed by atoms with Crippen LogP contribution in [0.25, 0.3) is 0 Å². The van der Waals surface area contributed by atoms with E-state index in [0.29, 0.717) is 26.0 Å². The minimum atomic E-state index is -1.13. The molecule has 1 atom stereocenters. The predicted molar refractivity (Wildman–Crippen MR) is 121 cm³/mol. The Balaban J connectivity index is 2.18. The van der Waals surface area contributed by atoms with Crippen molar-refractivity contribution in [2.45, 2.75) is 32.2 Å². The van der Waals surface area contributed by atoms with Crippen LogP contribution in [0.3, 0.4) is 0 Å². The summed E-state index contributed by atoms with van der Waals surface area (Å²) >= 11 is 10.8. The molecule has 0 fully saturated rings. The third kappa shape index (κ3) is 6.38. The Morgan fingerprint density at radius 3 is 2.31 bits per heavy atom. The molecule has 0 aromatic heterocycles. The molecule has 1 unspecified atom stereocenters. The van der Waals surface area contributed by atoms with E-state index in [9.17, 15) is 14.7 Å². The third-order valence-corrected chi connectivity index (χ3v) is 5.62. The molecule has 0 radical (unpaired) electrons. The van der Waals surface area contributed by atoms with Gasteiger partial charge in [0.05, 0.1) is 15.4 Å². The van der Waals surface area contributed by atoms with Gasteiger partial charge in [-0.25, -0.2) is 4.79 Å². The van der Waals surface area contributed by atoms with Crippen LogP contribution in [0.1, 0.15) is 30.9 Å². The van der Waals surface area contributed by atoms with Gasteiger partial charge in [0.25, 0.3) is 0 Å². The van der Waals surface area contributed by atoms with Gasteiger partial charge < -0.3 is 20.3 Å². The fourth-order valence-electron chi connectivity index (χ4n) is 2.60. The second-order valence-electron chi connectivity index (χ2n) is 6.68.